The van der Waals surface area contributed by atoms with Gasteiger partial charge in [-0.2, -0.15) is 0 Å². The lowest BCUT2D eigenvalue weighted by atomic mass is 10.1. The molecule has 110 valence electrons. The van der Waals surface area contributed by atoms with Crippen LogP contribution in [0.25, 0.3) is 0 Å². The molecule has 0 aliphatic carbocycles. The van der Waals surface area contributed by atoms with Crippen LogP contribution in [-0.2, 0) is 6.54 Å². The molecule has 0 saturated carbocycles. The van der Waals surface area contributed by atoms with Crippen molar-refractivity contribution >= 4 is 27.5 Å². The Kier molecular flexibility index (Phi) is 5.22. The molecule has 3 N–H and O–H groups in total. The standard InChI is InChI=1S/C16H17BrN2O2/c1-2-21-14-8-4-7-13(18)15(14)16(20)19-10-11-5-3-6-12(17)9-11/h3-9H,2,10,18H2,1H3,(H,19,20). The highest BCUT2D eigenvalue weighted by molar-refractivity contribution is 9.10. The molecule has 5 heteroatoms. The number of hydrogen-bond donors (Lipinski definition) is 2. The monoisotopic (exact) mass is 348 g/mol. The predicted octanol–water partition coefficient (Wildman–Crippen LogP) is 3.36. The Balaban J connectivity index is 2.13. The number of rotatable bonds is 5. The molecule has 0 heterocycles. The Bertz CT molecular complexity index is 644. The van der Waals surface area contributed by atoms with Crippen LogP contribution in [0.3, 0.4) is 0 Å². The third kappa shape index (κ3) is 3.98. The third-order valence-corrected chi connectivity index (χ3v) is 3.42. The van der Waals surface area contributed by atoms with Gasteiger partial charge < -0.3 is 15.8 Å². The lowest BCUT2D eigenvalue weighted by Crippen LogP contribution is -2.24. The van der Waals surface area contributed by atoms with Gasteiger partial charge in [0.05, 0.1) is 6.61 Å². The van der Waals surface area contributed by atoms with Gasteiger partial charge in [0, 0.05) is 16.7 Å². The number of halogens is 1. The molecule has 0 aliphatic rings. The average Bonchev–Trinajstić information content (AvgIpc) is 2.45. The van der Waals surface area contributed by atoms with E-state index in [1.54, 1.807) is 18.2 Å². The normalized spacial score (nSPS) is 10.2. The van der Waals surface area contributed by atoms with Gasteiger partial charge >= 0.3 is 0 Å². The number of hydrogen-bond acceptors (Lipinski definition) is 3. The van der Waals surface area contributed by atoms with Gasteiger partial charge in [-0.1, -0.05) is 34.1 Å². The van der Waals surface area contributed by atoms with Crippen LogP contribution in [0.5, 0.6) is 5.75 Å². The Morgan fingerprint density at radius 1 is 1.29 bits per heavy atom. The van der Waals surface area contributed by atoms with Gasteiger partial charge in [-0.05, 0) is 36.8 Å². The van der Waals surface area contributed by atoms with E-state index < -0.39 is 0 Å². The summed E-state index contributed by atoms with van der Waals surface area (Å²) in [5, 5.41) is 2.86. The Hall–Kier alpha value is -2.01. The molecular weight excluding hydrogens is 332 g/mol. The molecule has 0 fully saturated rings. The van der Waals surface area contributed by atoms with Crippen molar-refractivity contribution in [3.05, 3.63) is 58.1 Å². The molecule has 2 aromatic rings. The van der Waals surface area contributed by atoms with Crippen LogP contribution in [0.4, 0.5) is 5.69 Å². The number of ether oxygens (including phenoxy) is 1. The summed E-state index contributed by atoms with van der Waals surface area (Å²) in [7, 11) is 0. The van der Waals surface area contributed by atoms with E-state index in [4.69, 9.17) is 10.5 Å². The summed E-state index contributed by atoms with van der Waals surface area (Å²) in [6.07, 6.45) is 0. The van der Waals surface area contributed by atoms with E-state index in [0.29, 0.717) is 30.2 Å². The number of carbonyl (C=O) groups excluding carboxylic acids is 1. The fourth-order valence-corrected chi connectivity index (χ4v) is 2.43. The maximum Gasteiger partial charge on any atom is 0.257 e. The number of nitrogens with one attached hydrogen (secondary N) is 1. The third-order valence-electron chi connectivity index (χ3n) is 2.93. The summed E-state index contributed by atoms with van der Waals surface area (Å²) in [6, 6.07) is 13.0. The SMILES string of the molecule is CCOc1cccc(N)c1C(=O)NCc1cccc(Br)c1. The van der Waals surface area contributed by atoms with Gasteiger partial charge in [0.1, 0.15) is 11.3 Å². The summed E-state index contributed by atoms with van der Waals surface area (Å²) < 4.78 is 6.44. The van der Waals surface area contributed by atoms with Crippen LogP contribution < -0.4 is 15.8 Å². The summed E-state index contributed by atoms with van der Waals surface area (Å²) in [6.45, 7) is 2.78. The van der Waals surface area contributed by atoms with Gasteiger partial charge in [0.15, 0.2) is 0 Å². The van der Waals surface area contributed by atoms with Crippen molar-refractivity contribution < 1.29 is 9.53 Å². The van der Waals surface area contributed by atoms with Crippen molar-refractivity contribution in [2.45, 2.75) is 13.5 Å². The van der Waals surface area contributed by atoms with Gasteiger partial charge in [0.25, 0.3) is 5.91 Å². The van der Waals surface area contributed by atoms with Gasteiger partial charge in [-0.15, -0.1) is 0 Å². The second-order valence-corrected chi connectivity index (χ2v) is 5.38. The van der Waals surface area contributed by atoms with Crippen LogP contribution >= 0.6 is 15.9 Å². The molecule has 2 rings (SSSR count). The molecule has 0 saturated heterocycles. The van der Waals surface area contributed by atoms with Crippen LogP contribution in [0.2, 0.25) is 0 Å². The van der Waals surface area contributed by atoms with E-state index in [0.717, 1.165) is 10.0 Å². The number of anilines is 1. The second-order valence-electron chi connectivity index (χ2n) is 4.47. The van der Waals surface area contributed by atoms with Crippen LogP contribution in [0.15, 0.2) is 46.9 Å². The topological polar surface area (TPSA) is 64.3 Å². The minimum atomic E-state index is -0.239. The molecule has 4 nitrogen and oxygen atoms in total. The minimum absolute atomic E-state index is 0.239. The number of nitrogen functional groups attached to an aromatic ring is 1. The first-order valence-corrected chi connectivity index (χ1v) is 7.45. The van der Waals surface area contributed by atoms with Gasteiger partial charge in [-0.3, -0.25) is 4.79 Å². The Labute approximate surface area is 132 Å². The molecule has 1 amide bonds. The van der Waals surface area contributed by atoms with E-state index in [1.165, 1.54) is 0 Å². The predicted molar refractivity (Wildman–Crippen MR) is 87.3 cm³/mol. The van der Waals surface area contributed by atoms with Crippen molar-refractivity contribution in [3.63, 3.8) is 0 Å². The second kappa shape index (κ2) is 7.13. The number of carbonyl (C=O) groups is 1. The zero-order valence-corrected chi connectivity index (χ0v) is 13.3. The lowest BCUT2D eigenvalue weighted by Gasteiger charge is -2.12. The fourth-order valence-electron chi connectivity index (χ4n) is 1.98. The summed E-state index contributed by atoms with van der Waals surface area (Å²) in [5.74, 6) is 0.265. The molecule has 2 aromatic carbocycles. The molecule has 0 radical (unpaired) electrons. The Morgan fingerprint density at radius 2 is 2.05 bits per heavy atom. The molecule has 0 atom stereocenters. The zero-order chi connectivity index (χ0) is 15.2. The van der Waals surface area contributed by atoms with Gasteiger partial charge in [-0.25, -0.2) is 0 Å². The lowest BCUT2D eigenvalue weighted by molar-refractivity contribution is 0.0948. The van der Waals surface area contributed by atoms with Crippen LogP contribution in [0.1, 0.15) is 22.8 Å². The first-order valence-electron chi connectivity index (χ1n) is 6.65. The smallest absolute Gasteiger partial charge is 0.257 e. The van der Waals surface area contributed by atoms with E-state index >= 15 is 0 Å². The molecule has 0 aromatic heterocycles. The molecule has 0 spiro atoms. The molecular formula is C16H17BrN2O2. The van der Waals surface area contributed by atoms with Crippen molar-refractivity contribution in [3.8, 4) is 5.75 Å². The Morgan fingerprint density at radius 3 is 2.76 bits per heavy atom. The van der Waals surface area contributed by atoms with Crippen molar-refractivity contribution in [1.82, 2.24) is 5.32 Å². The summed E-state index contributed by atoms with van der Waals surface area (Å²) in [4.78, 5) is 12.3. The van der Waals surface area contributed by atoms with E-state index in [1.807, 2.05) is 31.2 Å². The fraction of sp³-hybridized carbons (Fsp3) is 0.188. The zero-order valence-electron chi connectivity index (χ0n) is 11.7. The molecule has 0 bridgehead atoms. The minimum Gasteiger partial charge on any atom is -0.493 e. The maximum absolute atomic E-state index is 12.3. The average molecular weight is 349 g/mol. The van der Waals surface area contributed by atoms with E-state index in [2.05, 4.69) is 21.2 Å². The van der Waals surface area contributed by atoms with E-state index in [9.17, 15) is 4.79 Å². The van der Waals surface area contributed by atoms with Crippen LogP contribution in [0, 0.1) is 0 Å². The van der Waals surface area contributed by atoms with Crippen LogP contribution in [-0.4, -0.2) is 12.5 Å². The molecule has 0 aliphatic heterocycles. The largest absolute Gasteiger partial charge is 0.493 e. The summed E-state index contributed by atoms with van der Waals surface area (Å²) >= 11 is 3.41. The van der Waals surface area contributed by atoms with Crippen molar-refractivity contribution in [1.29, 1.82) is 0 Å². The molecule has 0 unspecified atom stereocenters. The number of benzene rings is 2. The highest BCUT2D eigenvalue weighted by Gasteiger charge is 2.15. The number of amides is 1. The molecule has 21 heavy (non-hydrogen) atoms. The summed E-state index contributed by atoms with van der Waals surface area (Å²) in [5.41, 5.74) is 7.70. The number of nitrogens with two attached hydrogens (primary N) is 1. The quantitative estimate of drug-likeness (QED) is 0.814. The van der Waals surface area contributed by atoms with Gasteiger partial charge in [0.2, 0.25) is 0 Å². The van der Waals surface area contributed by atoms with E-state index in [-0.39, 0.29) is 5.91 Å². The van der Waals surface area contributed by atoms with Crippen molar-refractivity contribution in [2.75, 3.05) is 12.3 Å². The maximum atomic E-state index is 12.3. The first-order chi connectivity index (χ1) is 10.1. The highest BCUT2D eigenvalue weighted by atomic mass is 79.9. The first kappa shape index (κ1) is 15.4. The highest BCUT2D eigenvalue weighted by Crippen LogP contribution is 2.24. The van der Waals surface area contributed by atoms with Crippen molar-refractivity contribution in [2.24, 2.45) is 0 Å².